The summed E-state index contributed by atoms with van der Waals surface area (Å²) in [5, 5.41) is 7.05. The predicted molar refractivity (Wildman–Crippen MR) is 70.9 cm³/mol. The van der Waals surface area contributed by atoms with Crippen molar-refractivity contribution in [1.29, 1.82) is 0 Å². The lowest BCUT2D eigenvalue weighted by Crippen LogP contribution is -2.19. The molecule has 0 aliphatic carbocycles. The Kier molecular flexibility index (Phi) is 5.80. The summed E-state index contributed by atoms with van der Waals surface area (Å²) in [7, 11) is 4.07. The number of hydrogen-bond acceptors (Lipinski definition) is 4. The highest BCUT2D eigenvalue weighted by molar-refractivity contribution is 7.71. The molecule has 0 atom stereocenters. The fourth-order valence-electron chi connectivity index (χ4n) is 1.49. The van der Waals surface area contributed by atoms with Gasteiger partial charge >= 0.3 is 0 Å². The van der Waals surface area contributed by atoms with E-state index in [9.17, 15) is 0 Å². The van der Waals surface area contributed by atoms with Gasteiger partial charge in [-0.15, -0.1) is 0 Å². The summed E-state index contributed by atoms with van der Waals surface area (Å²) in [6.45, 7) is 7.32. The molecule has 0 spiro atoms. The van der Waals surface area contributed by atoms with Gasteiger partial charge in [0, 0.05) is 12.5 Å². The largest absolute Gasteiger partial charge is 0.378 e. The van der Waals surface area contributed by atoms with Gasteiger partial charge in [-0.1, -0.05) is 13.8 Å². The van der Waals surface area contributed by atoms with Crippen LogP contribution in [-0.4, -0.2) is 53.5 Å². The second-order valence-corrected chi connectivity index (χ2v) is 5.00. The van der Waals surface area contributed by atoms with Gasteiger partial charge in [-0.2, -0.15) is 5.10 Å². The van der Waals surface area contributed by atoms with Crippen molar-refractivity contribution < 1.29 is 4.74 Å². The lowest BCUT2D eigenvalue weighted by atomic mass is 10.2. The lowest BCUT2D eigenvalue weighted by Gasteiger charge is -2.11. The molecule has 0 aliphatic rings. The number of hydrogen-bond donors (Lipinski definition) is 1. The van der Waals surface area contributed by atoms with E-state index in [2.05, 4.69) is 28.9 Å². The van der Waals surface area contributed by atoms with E-state index >= 15 is 0 Å². The number of rotatable bonds is 7. The van der Waals surface area contributed by atoms with Crippen LogP contribution < -0.4 is 0 Å². The Morgan fingerprint density at radius 2 is 2.12 bits per heavy atom. The first-order chi connectivity index (χ1) is 8.02. The van der Waals surface area contributed by atoms with Crippen molar-refractivity contribution in [2.45, 2.75) is 26.3 Å². The molecule has 0 bridgehead atoms. The van der Waals surface area contributed by atoms with Crippen LogP contribution >= 0.6 is 12.2 Å². The zero-order valence-corrected chi connectivity index (χ0v) is 11.9. The lowest BCUT2D eigenvalue weighted by molar-refractivity contribution is 0.110. The van der Waals surface area contributed by atoms with Crippen molar-refractivity contribution in [2.75, 3.05) is 33.9 Å². The third kappa shape index (κ3) is 4.57. The molecule has 0 saturated heterocycles. The van der Waals surface area contributed by atoms with Gasteiger partial charge < -0.3 is 14.2 Å². The van der Waals surface area contributed by atoms with Gasteiger partial charge in [-0.05, 0) is 26.3 Å². The van der Waals surface area contributed by atoms with Gasteiger partial charge in [0.15, 0.2) is 4.77 Å². The van der Waals surface area contributed by atoms with Crippen LogP contribution in [-0.2, 0) is 11.3 Å². The molecule has 1 N–H and O–H groups in total. The van der Waals surface area contributed by atoms with Crippen LogP contribution in [0.5, 0.6) is 0 Å². The Labute approximate surface area is 108 Å². The molecule has 0 saturated carbocycles. The van der Waals surface area contributed by atoms with Gasteiger partial charge in [-0.3, -0.25) is 5.10 Å². The fourth-order valence-corrected chi connectivity index (χ4v) is 1.72. The summed E-state index contributed by atoms with van der Waals surface area (Å²) < 4.78 is 8.24. The molecule has 0 aromatic carbocycles. The molecule has 1 aromatic rings. The van der Waals surface area contributed by atoms with Crippen LogP contribution in [0.25, 0.3) is 0 Å². The van der Waals surface area contributed by atoms with Gasteiger partial charge in [0.05, 0.1) is 19.8 Å². The van der Waals surface area contributed by atoms with Gasteiger partial charge in [0.25, 0.3) is 0 Å². The van der Waals surface area contributed by atoms with E-state index in [0.29, 0.717) is 17.3 Å². The minimum Gasteiger partial charge on any atom is -0.378 e. The molecular weight excluding hydrogens is 236 g/mol. The number of ether oxygens (including phenoxy) is 1. The van der Waals surface area contributed by atoms with Crippen molar-refractivity contribution in [2.24, 2.45) is 0 Å². The maximum absolute atomic E-state index is 5.56. The topological polar surface area (TPSA) is 46.1 Å². The van der Waals surface area contributed by atoms with Crippen LogP contribution in [0.4, 0.5) is 0 Å². The predicted octanol–water partition coefficient (Wildman–Crippen LogP) is 1.64. The molecule has 1 rings (SSSR count). The van der Waals surface area contributed by atoms with E-state index in [1.165, 1.54) is 0 Å². The smallest absolute Gasteiger partial charge is 0.195 e. The van der Waals surface area contributed by atoms with Crippen molar-refractivity contribution in [3.8, 4) is 0 Å². The monoisotopic (exact) mass is 258 g/mol. The van der Waals surface area contributed by atoms with Crippen molar-refractivity contribution in [3.63, 3.8) is 0 Å². The third-order valence-corrected chi connectivity index (χ3v) is 2.76. The number of nitrogens with one attached hydrogen (secondary N) is 1. The first kappa shape index (κ1) is 14.3. The highest BCUT2D eigenvalue weighted by atomic mass is 32.1. The van der Waals surface area contributed by atoms with Crippen LogP contribution in [0.3, 0.4) is 0 Å². The third-order valence-electron chi connectivity index (χ3n) is 2.45. The molecule has 5 nitrogen and oxygen atoms in total. The molecule has 1 aromatic heterocycles. The zero-order chi connectivity index (χ0) is 12.8. The first-order valence-electron chi connectivity index (χ1n) is 5.90. The number of aromatic amines is 1. The summed E-state index contributed by atoms with van der Waals surface area (Å²) in [5.41, 5.74) is 0. The number of H-pyrrole nitrogens is 1. The van der Waals surface area contributed by atoms with Gasteiger partial charge in [0.1, 0.15) is 5.82 Å². The maximum Gasteiger partial charge on any atom is 0.195 e. The Bertz CT molecular complexity index is 383. The van der Waals surface area contributed by atoms with Gasteiger partial charge in [0.2, 0.25) is 0 Å². The highest BCUT2D eigenvalue weighted by Gasteiger charge is 2.09. The molecule has 1 heterocycles. The quantitative estimate of drug-likeness (QED) is 0.596. The second-order valence-electron chi connectivity index (χ2n) is 4.61. The number of nitrogens with zero attached hydrogens (tertiary/aromatic N) is 3. The Balaban J connectivity index is 2.41. The molecule has 98 valence electrons. The SMILES string of the molecule is CC(C)c1n[nH]c(=S)n1CCOCCN(C)C. The molecule has 0 fully saturated rings. The van der Waals surface area contributed by atoms with Crippen LogP contribution in [0.2, 0.25) is 0 Å². The van der Waals surface area contributed by atoms with Crippen LogP contribution in [0.1, 0.15) is 25.6 Å². The first-order valence-corrected chi connectivity index (χ1v) is 6.30. The summed E-state index contributed by atoms with van der Waals surface area (Å²) in [6.07, 6.45) is 0. The molecular formula is C11H22N4OS. The minimum absolute atomic E-state index is 0.365. The fraction of sp³-hybridized carbons (Fsp3) is 0.818. The van der Waals surface area contributed by atoms with E-state index in [-0.39, 0.29) is 0 Å². The standard InChI is InChI=1S/C11H22N4OS/c1-9(2)10-12-13-11(17)15(10)6-8-16-7-5-14(3)4/h9H,5-8H2,1-4H3,(H,13,17). The van der Waals surface area contributed by atoms with Gasteiger partial charge in [-0.25, -0.2) is 0 Å². The molecule has 0 aliphatic heterocycles. The van der Waals surface area contributed by atoms with Crippen molar-refractivity contribution in [3.05, 3.63) is 10.6 Å². The highest BCUT2D eigenvalue weighted by Crippen LogP contribution is 2.11. The van der Waals surface area contributed by atoms with E-state index in [1.807, 2.05) is 18.7 Å². The molecule has 0 radical (unpaired) electrons. The van der Waals surface area contributed by atoms with Crippen LogP contribution in [0.15, 0.2) is 0 Å². The zero-order valence-electron chi connectivity index (χ0n) is 11.1. The van der Waals surface area contributed by atoms with Crippen molar-refractivity contribution in [1.82, 2.24) is 19.7 Å². The van der Waals surface area contributed by atoms with Crippen molar-refractivity contribution >= 4 is 12.2 Å². The summed E-state index contributed by atoms with van der Waals surface area (Å²) in [4.78, 5) is 2.10. The number of aromatic nitrogens is 3. The Hall–Kier alpha value is -0.720. The van der Waals surface area contributed by atoms with E-state index < -0.39 is 0 Å². The Morgan fingerprint density at radius 1 is 1.41 bits per heavy atom. The van der Waals surface area contributed by atoms with E-state index in [0.717, 1.165) is 25.5 Å². The number of likely N-dealkylation sites (N-methyl/N-ethyl adjacent to an activating group) is 1. The maximum atomic E-state index is 5.56. The minimum atomic E-state index is 0.365. The summed E-state index contributed by atoms with van der Waals surface area (Å²) >= 11 is 5.19. The average molecular weight is 258 g/mol. The van der Waals surface area contributed by atoms with E-state index in [1.54, 1.807) is 0 Å². The second kappa shape index (κ2) is 6.88. The normalized spacial score (nSPS) is 11.6. The molecule has 0 amide bonds. The summed E-state index contributed by atoms with van der Waals surface area (Å²) in [5.74, 6) is 1.36. The summed E-state index contributed by atoms with van der Waals surface area (Å²) in [6, 6.07) is 0. The molecule has 6 heteroatoms. The molecule has 0 unspecified atom stereocenters. The van der Waals surface area contributed by atoms with E-state index in [4.69, 9.17) is 17.0 Å². The Morgan fingerprint density at radius 3 is 2.71 bits per heavy atom. The molecule has 17 heavy (non-hydrogen) atoms. The average Bonchev–Trinajstić information content (AvgIpc) is 2.59. The van der Waals surface area contributed by atoms with Crippen LogP contribution in [0, 0.1) is 4.77 Å².